The van der Waals surface area contributed by atoms with Crippen molar-refractivity contribution in [2.45, 2.75) is 45.7 Å². The minimum atomic E-state index is -0.666. The summed E-state index contributed by atoms with van der Waals surface area (Å²) in [5.74, 6) is -0.285. The van der Waals surface area contributed by atoms with Crippen molar-refractivity contribution >= 4 is 35.0 Å². The maximum absolute atomic E-state index is 13.7. The van der Waals surface area contributed by atoms with Crippen LogP contribution in [0, 0.1) is 6.92 Å². The molecule has 0 unspecified atom stereocenters. The maximum Gasteiger partial charge on any atom is 0.243 e. The summed E-state index contributed by atoms with van der Waals surface area (Å²) in [6.07, 6.45) is 1.43. The van der Waals surface area contributed by atoms with Crippen LogP contribution in [-0.2, 0) is 29.0 Å². The average Bonchev–Trinajstić information content (AvgIpc) is 2.82. The molecule has 0 aromatic heterocycles. The first-order valence-electron chi connectivity index (χ1n) is 11.5. The molecule has 3 aromatic rings. The summed E-state index contributed by atoms with van der Waals surface area (Å²) in [4.78, 5) is 28.7. The van der Waals surface area contributed by atoms with Crippen molar-refractivity contribution in [3.8, 4) is 0 Å². The minimum Gasteiger partial charge on any atom is -0.354 e. The normalized spacial score (nSPS) is 11.6. The van der Waals surface area contributed by atoms with Gasteiger partial charge in [-0.3, -0.25) is 9.59 Å². The lowest BCUT2D eigenvalue weighted by atomic mass is 10.0. The number of nitrogens with one attached hydrogen (secondary N) is 1. The minimum absolute atomic E-state index is 0.121. The first-order valence-corrected chi connectivity index (χ1v) is 12.2. The van der Waals surface area contributed by atoms with Gasteiger partial charge in [0.25, 0.3) is 0 Å². The molecule has 0 heterocycles. The topological polar surface area (TPSA) is 49.4 Å². The van der Waals surface area contributed by atoms with Gasteiger partial charge in [-0.15, -0.1) is 0 Å². The van der Waals surface area contributed by atoms with Crippen LogP contribution >= 0.6 is 23.2 Å². The van der Waals surface area contributed by atoms with Gasteiger partial charge in [-0.1, -0.05) is 96.4 Å². The lowest BCUT2D eigenvalue weighted by molar-refractivity contribution is -0.140. The Hall–Kier alpha value is -2.82. The predicted octanol–water partition coefficient (Wildman–Crippen LogP) is 6.01. The number of carbonyl (C=O) groups is 2. The molecule has 0 saturated heterocycles. The van der Waals surface area contributed by atoms with Crippen molar-refractivity contribution < 1.29 is 9.59 Å². The van der Waals surface area contributed by atoms with Crippen LogP contribution in [0.15, 0.2) is 72.8 Å². The third-order valence-electron chi connectivity index (χ3n) is 5.60. The number of hydrogen-bond acceptors (Lipinski definition) is 2. The third kappa shape index (κ3) is 7.34. The number of benzene rings is 3. The highest BCUT2D eigenvalue weighted by molar-refractivity contribution is 6.42. The first-order chi connectivity index (χ1) is 16.4. The molecule has 3 rings (SSSR count). The maximum atomic E-state index is 13.7. The van der Waals surface area contributed by atoms with Crippen LogP contribution in [0.4, 0.5) is 0 Å². The van der Waals surface area contributed by atoms with E-state index in [1.165, 1.54) is 0 Å². The van der Waals surface area contributed by atoms with Crippen molar-refractivity contribution in [2.75, 3.05) is 6.54 Å². The molecule has 0 aliphatic rings. The van der Waals surface area contributed by atoms with Gasteiger partial charge in [0.2, 0.25) is 11.8 Å². The molecule has 4 nitrogen and oxygen atoms in total. The van der Waals surface area contributed by atoms with E-state index >= 15 is 0 Å². The van der Waals surface area contributed by atoms with Gasteiger partial charge in [0.15, 0.2) is 0 Å². The third-order valence-corrected chi connectivity index (χ3v) is 6.33. The highest BCUT2D eigenvalue weighted by Crippen LogP contribution is 2.24. The van der Waals surface area contributed by atoms with E-state index in [1.54, 1.807) is 17.0 Å². The second-order valence-electron chi connectivity index (χ2n) is 8.43. The van der Waals surface area contributed by atoms with Crippen molar-refractivity contribution in [2.24, 2.45) is 0 Å². The fraction of sp³-hybridized carbons (Fsp3) is 0.286. The summed E-state index contributed by atoms with van der Waals surface area (Å²) in [5.41, 5.74) is 3.80. The zero-order valence-corrected chi connectivity index (χ0v) is 21.1. The van der Waals surface area contributed by atoms with Crippen LogP contribution in [0.3, 0.4) is 0 Å². The molecule has 0 aliphatic heterocycles. The molecule has 0 saturated carbocycles. The largest absolute Gasteiger partial charge is 0.354 e. The second-order valence-corrected chi connectivity index (χ2v) is 9.25. The fourth-order valence-corrected chi connectivity index (χ4v) is 4.17. The van der Waals surface area contributed by atoms with E-state index in [1.807, 2.05) is 74.5 Å². The molecule has 0 fully saturated rings. The summed E-state index contributed by atoms with van der Waals surface area (Å²) in [5, 5.41) is 3.85. The SMILES string of the molecule is CCCNC(=O)[C@@H](Cc1ccccc1)N(Cc1ccc(Cl)c(Cl)c1)C(=O)Cc1cccc(C)c1. The highest BCUT2D eigenvalue weighted by atomic mass is 35.5. The Kier molecular flexibility index (Phi) is 9.55. The zero-order valence-electron chi connectivity index (χ0n) is 19.6. The number of carbonyl (C=O) groups excluding carboxylic acids is 2. The van der Waals surface area contributed by atoms with Crippen LogP contribution in [-0.4, -0.2) is 29.3 Å². The van der Waals surface area contributed by atoms with Crippen molar-refractivity contribution in [3.63, 3.8) is 0 Å². The Morgan fingerprint density at radius 3 is 2.29 bits per heavy atom. The van der Waals surface area contributed by atoms with Gasteiger partial charge in [-0.25, -0.2) is 0 Å². The highest BCUT2D eigenvalue weighted by Gasteiger charge is 2.30. The Morgan fingerprint density at radius 1 is 0.882 bits per heavy atom. The molecule has 6 heteroatoms. The molecule has 2 amide bonds. The van der Waals surface area contributed by atoms with E-state index in [0.29, 0.717) is 23.0 Å². The number of halogens is 2. The van der Waals surface area contributed by atoms with Crippen LogP contribution in [0.5, 0.6) is 0 Å². The zero-order chi connectivity index (χ0) is 24.5. The van der Waals surface area contributed by atoms with Crippen molar-refractivity contribution in [1.82, 2.24) is 10.2 Å². The fourth-order valence-electron chi connectivity index (χ4n) is 3.85. The van der Waals surface area contributed by atoms with Gasteiger partial charge < -0.3 is 10.2 Å². The van der Waals surface area contributed by atoms with Gasteiger partial charge in [-0.05, 0) is 42.2 Å². The summed E-state index contributed by atoms with van der Waals surface area (Å²) in [6, 6.07) is 22.3. The average molecular weight is 497 g/mol. The van der Waals surface area contributed by atoms with Crippen LogP contribution in [0.1, 0.15) is 35.6 Å². The molecular formula is C28H30Cl2N2O2. The lowest BCUT2D eigenvalue weighted by Gasteiger charge is -2.32. The van der Waals surface area contributed by atoms with E-state index in [2.05, 4.69) is 5.32 Å². The second kappa shape index (κ2) is 12.6. The number of aryl methyl sites for hydroxylation is 1. The number of amides is 2. The van der Waals surface area contributed by atoms with Gasteiger partial charge in [0.1, 0.15) is 6.04 Å². The summed E-state index contributed by atoms with van der Waals surface area (Å²) < 4.78 is 0. The molecule has 34 heavy (non-hydrogen) atoms. The van der Waals surface area contributed by atoms with E-state index < -0.39 is 6.04 Å². The van der Waals surface area contributed by atoms with Crippen LogP contribution in [0.25, 0.3) is 0 Å². The quantitative estimate of drug-likeness (QED) is 0.373. The summed E-state index contributed by atoms with van der Waals surface area (Å²) in [7, 11) is 0. The van der Waals surface area contributed by atoms with E-state index in [4.69, 9.17) is 23.2 Å². The van der Waals surface area contributed by atoms with Crippen molar-refractivity contribution in [3.05, 3.63) is 105 Å². The molecule has 0 radical (unpaired) electrons. The van der Waals surface area contributed by atoms with Gasteiger partial charge in [0, 0.05) is 19.5 Å². The van der Waals surface area contributed by atoms with E-state index in [9.17, 15) is 9.59 Å². The lowest BCUT2D eigenvalue weighted by Crippen LogP contribution is -2.51. The van der Waals surface area contributed by atoms with Gasteiger partial charge in [0.05, 0.1) is 16.5 Å². The van der Waals surface area contributed by atoms with E-state index in [-0.39, 0.29) is 24.8 Å². The Labute approximate surface area is 211 Å². The molecule has 0 spiro atoms. The van der Waals surface area contributed by atoms with Gasteiger partial charge in [-0.2, -0.15) is 0 Å². The van der Waals surface area contributed by atoms with Crippen molar-refractivity contribution in [1.29, 1.82) is 0 Å². The molecule has 3 aromatic carbocycles. The number of hydrogen-bond donors (Lipinski definition) is 1. The standard InChI is InChI=1S/C28H30Cl2N2O2/c1-3-14-31-28(34)26(17-21-9-5-4-6-10-21)32(19-23-12-13-24(29)25(30)16-23)27(33)18-22-11-7-8-20(2)15-22/h4-13,15-16,26H,3,14,17-19H2,1-2H3,(H,31,34)/t26-/m1/s1. The molecule has 1 N–H and O–H groups in total. The molecule has 178 valence electrons. The molecular weight excluding hydrogens is 467 g/mol. The van der Waals surface area contributed by atoms with Gasteiger partial charge >= 0.3 is 0 Å². The first kappa shape index (κ1) is 25.8. The molecule has 1 atom stereocenters. The molecule has 0 bridgehead atoms. The smallest absolute Gasteiger partial charge is 0.243 e. The number of rotatable bonds is 10. The van der Waals surface area contributed by atoms with Crippen LogP contribution in [0.2, 0.25) is 10.0 Å². The number of nitrogens with zero attached hydrogens (tertiary/aromatic N) is 1. The van der Waals surface area contributed by atoms with Crippen LogP contribution < -0.4 is 5.32 Å². The monoisotopic (exact) mass is 496 g/mol. The summed E-state index contributed by atoms with van der Waals surface area (Å²) >= 11 is 12.4. The van der Waals surface area contributed by atoms with E-state index in [0.717, 1.165) is 28.7 Å². The molecule has 0 aliphatic carbocycles. The Bertz CT molecular complexity index is 1120. The summed E-state index contributed by atoms with van der Waals surface area (Å²) in [6.45, 7) is 4.80. The Balaban J connectivity index is 1.97. The predicted molar refractivity (Wildman–Crippen MR) is 139 cm³/mol. The Morgan fingerprint density at radius 2 is 1.62 bits per heavy atom.